The third-order valence-electron chi connectivity index (χ3n) is 4.12. The van der Waals surface area contributed by atoms with Crippen molar-refractivity contribution in [2.45, 2.75) is 24.7 Å². The van der Waals surface area contributed by atoms with Crippen molar-refractivity contribution in [2.24, 2.45) is 0 Å². The van der Waals surface area contributed by atoms with Gasteiger partial charge in [0.25, 0.3) is 0 Å². The number of rotatable bonds is 8. The van der Waals surface area contributed by atoms with Crippen molar-refractivity contribution >= 4 is 29.3 Å². The van der Waals surface area contributed by atoms with Crippen LogP contribution in [-0.2, 0) is 11.3 Å². The quantitative estimate of drug-likeness (QED) is 0.428. The minimum atomic E-state index is -0.127. The molecule has 1 aromatic heterocycles. The number of carbonyl (C=O) groups is 1. The summed E-state index contributed by atoms with van der Waals surface area (Å²) in [6, 6.07) is 17.2. The van der Waals surface area contributed by atoms with Crippen molar-refractivity contribution in [3.8, 4) is 11.4 Å². The van der Waals surface area contributed by atoms with E-state index in [9.17, 15) is 4.79 Å². The molecular weight excluding hydrogens is 392 g/mol. The molecule has 0 spiro atoms. The minimum Gasteiger partial charge on any atom is -0.349 e. The Bertz CT molecular complexity index is 958. The summed E-state index contributed by atoms with van der Waals surface area (Å²) in [4.78, 5) is 12.4. The number of aromatic nitrogens is 3. The molecular formula is C21H21ClN4OS. The van der Waals surface area contributed by atoms with Gasteiger partial charge >= 0.3 is 0 Å². The van der Waals surface area contributed by atoms with Crippen LogP contribution in [0, 0.1) is 0 Å². The van der Waals surface area contributed by atoms with E-state index < -0.39 is 0 Å². The standard InChI is InChI=1S/C21H21ClN4OS/c1-3-12-26-20(16-8-5-4-6-9-16)24-25-21(26)28-14-19(27)23-15(2)17-10-7-11-18(22)13-17/h3-11,13,15H,1,12,14H2,2H3,(H,23,27). The molecule has 0 saturated heterocycles. The SMILES string of the molecule is C=CCn1c(SCC(=O)NC(C)c2cccc(Cl)c2)nnc1-c1ccccc1. The summed E-state index contributed by atoms with van der Waals surface area (Å²) in [5.74, 6) is 0.928. The molecule has 7 heteroatoms. The summed E-state index contributed by atoms with van der Waals surface area (Å²) in [6.07, 6.45) is 1.79. The first kappa shape index (κ1) is 20.2. The van der Waals surface area contributed by atoms with Gasteiger partial charge in [-0.2, -0.15) is 0 Å². The second-order valence-corrected chi connectivity index (χ2v) is 7.58. The molecule has 144 valence electrons. The molecule has 0 aliphatic rings. The summed E-state index contributed by atoms with van der Waals surface area (Å²) >= 11 is 7.38. The first-order chi connectivity index (χ1) is 13.6. The van der Waals surface area contributed by atoms with Gasteiger partial charge in [-0.15, -0.1) is 16.8 Å². The summed E-state index contributed by atoms with van der Waals surface area (Å²) in [6.45, 7) is 6.31. The topological polar surface area (TPSA) is 59.8 Å². The Morgan fingerprint density at radius 1 is 1.25 bits per heavy atom. The van der Waals surface area contributed by atoms with Gasteiger partial charge in [0.15, 0.2) is 11.0 Å². The summed E-state index contributed by atoms with van der Waals surface area (Å²) in [5.41, 5.74) is 1.94. The van der Waals surface area contributed by atoms with E-state index in [1.807, 2.05) is 66.1 Å². The van der Waals surface area contributed by atoms with Crippen LogP contribution in [0.5, 0.6) is 0 Å². The lowest BCUT2D eigenvalue weighted by molar-refractivity contribution is -0.119. The van der Waals surface area contributed by atoms with Gasteiger partial charge in [0.05, 0.1) is 11.8 Å². The monoisotopic (exact) mass is 412 g/mol. The van der Waals surface area contributed by atoms with Crippen LogP contribution in [0.3, 0.4) is 0 Å². The zero-order valence-corrected chi connectivity index (χ0v) is 17.1. The Morgan fingerprint density at radius 3 is 2.75 bits per heavy atom. The van der Waals surface area contributed by atoms with Gasteiger partial charge in [0, 0.05) is 17.1 Å². The number of benzene rings is 2. The van der Waals surface area contributed by atoms with E-state index in [2.05, 4.69) is 22.1 Å². The minimum absolute atomic E-state index is 0.0770. The number of halogens is 1. The summed E-state index contributed by atoms with van der Waals surface area (Å²) < 4.78 is 1.96. The number of thioether (sulfide) groups is 1. The number of hydrogen-bond donors (Lipinski definition) is 1. The van der Waals surface area contributed by atoms with Gasteiger partial charge < -0.3 is 5.32 Å². The highest BCUT2D eigenvalue weighted by Crippen LogP contribution is 2.24. The van der Waals surface area contributed by atoms with Crippen LogP contribution in [0.2, 0.25) is 5.02 Å². The normalized spacial score (nSPS) is 11.8. The van der Waals surface area contributed by atoms with Crippen molar-refractivity contribution in [3.05, 3.63) is 77.8 Å². The van der Waals surface area contributed by atoms with Crippen LogP contribution < -0.4 is 5.32 Å². The smallest absolute Gasteiger partial charge is 0.230 e. The third-order valence-corrected chi connectivity index (χ3v) is 5.32. The number of hydrogen-bond acceptors (Lipinski definition) is 4. The molecule has 1 amide bonds. The van der Waals surface area contributed by atoms with Gasteiger partial charge in [-0.1, -0.05) is 71.9 Å². The predicted octanol–water partition coefficient (Wildman–Crippen LogP) is 4.75. The lowest BCUT2D eigenvalue weighted by Crippen LogP contribution is -2.28. The molecule has 1 heterocycles. The van der Waals surface area contributed by atoms with Crippen LogP contribution >= 0.6 is 23.4 Å². The van der Waals surface area contributed by atoms with E-state index in [0.717, 1.165) is 17.0 Å². The van der Waals surface area contributed by atoms with Gasteiger partial charge in [-0.3, -0.25) is 9.36 Å². The Morgan fingerprint density at radius 2 is 2.04 bits per heavy atom. The van der Waals surface area contributed by atoms with E-state index in [4.69, 9.17) is 11.6 Å². The van der Waals surface area contributed by atoms with Crippen molar-refractivity contribution in [2.75, 3.05) is 5.75 Å². The lowest BCUT2D eigenvalue weighted by Gasteiger charge is -2.14. The maximum Gasteiger partial charge on any atom is 0.230 e. The molecule has 2 aromatic carbocycles. The number of carbonyl (C=O) groups excluding carboxylic acids is 1. The molecule has 0 fully saturated rings. The molecule has 1 unspecified atom stereocenters. The van der Waals surface area contributed by atoms with E-state index in [-0.39, 0.29) is 17.7 Å². The van der Waals surface area contributed by atoms with E-state index >= 15 is 0 Å². The molecule has 0 saturated carbocycles. The van der Waals surface area contributed by atoms with Crippen LogP contribution in [0.25, 0.3) is 11.4 Å². The molecule has 0 bridgehead atoms. The van der Waals surface area contributed by atoms with Crippen molar-refractivity contribution < 1.29 is 4.79 Å². The summed E-state index contributed by atoms with van der Waals surface area (Å²) in [5, 5.41) is 12.9. The highest BCUT2D eigenvalue weighted by atomic mass is 35.5. The third kappa shape index (κ3) is 5.03. The molecule has 0 radical (unpaired) electrons. The molecule has 28 heavy (non-hydrogen) atoms. The molecule has 3 aromatic rings. The largest absolute Gasteiger partial charge is 0.349 e. The van der Waals surface area contributed by atoms with Gasteiger partial charge in [-0.05, 0) is 24.6 Å². The van der Waals surface area contributed by atoms with Gasteiger partial charge in [0.1, 0.15) is 0 Å². The fourth-order valence-corrected chi connectivity index (χ4v) is 3.72. The number of allylic oxidation sites excluding steroid dienone is 1. The molecule has 5 nitrogen and oxygen atoms in total. The van der Waals surface area contributed by atoms with Crippen LogP contribution in [0.4, 0.5) is 0 Å². The van der Waals surface area contributed by atoms with Crippen molar-refractivity contribution in [1.29, 1.82) is 0 Å². The number of amides is 1. The maximum atomic E-state index is 12.4. The average Bonchev–Trinajstić information content (AvgIpc) is 3.10. The fourth-order valence-electron chi connectivity index (χ4n) is 2.76. The van der Waals surface area contributed by atoms with E-state index in [1.165, 1.54) is 11.8 Å². The van der Waals surface area contributed by atoms with Crippen LogP contribution in [0.15, 0.2) is 72.4 Å². The summed E-state index contributed by atoms with van der Waals surface area (Å²) in [7, 11) is 0. The van der Waals surface area contributed by atoms with E-state index in [0.29, 0.717) is 16.7 Å². The Labute approximate surface area is 173 Å². The van der Waals surface area contributed by atoms with E-state index in [1.54, 1.807) is 6.08 Å². The molecule has 1 N–H and O–H groups in total. The molecule has 0 aliphatic carbocycles. The highest BCUT2D eigenvalue weighted by molar-refractivity contribution is 7.99. The second-order valence-electron chi connectivity index (χ2n) is 6.20. The Hall–Kier alpha value is -2.57. The molecule has 0 aliphatic heterocycles. The van der Waals surface area contributed by atoms with Gasteiger partial charge in [-0.25, -0.2) is 0 Å². The average molecular weight is 413 g/mol. The maximum absolute atomic E-state index is 12.4. The zero-order valence-electron chi connectivity index (χ0n) is 15.5. The zero-order chi connectivity index (χ0) is 19.9. The van der Waals surface area contributed by atoms with Crippen LogP contribution in [-0.4, -0.2) is 26.4 Å². The van der Waals surface area contributed by atoms with Crippen molar-refractivity contribution in [3.63, 3.8) is 0 Å². The Balaban J connectivity index is 1.66. The predicted molar refractivity (Wildman–Crippen MR) is 114 cm³/mol. The number of nitrogens with one attached hydrogen (secondary N) is 1. The first-order valence-electron chi connectivity index (χ1n) is 8.85. The first-order valence-corrected chi connectivity index (χ1v) is 10.2. The molecule has 3 rings (SSSR count). The Kier molecular flexibility index (Phi) is 6.90. The van der Waals surface area contributed by atoms with Crippen LogP contribution in [0.1, 0.15) is 18.5 Å². The fraction of sp³-hybridized carbons (Fsp3) is 0.190. The van der Waals surface area contributed by atoms with Crippen molar-refractivity contribution in [1.82, 2.24) is 20.1 Å². The second kappa shape index (κ2) is 9.57. The van der Waals surface area contributed by atoms with Gasteiger partial charge in [0.2, 0.25) is 5.91 Å². The number of nitrogens with zero attached hydrogens (tertiary/aromatic N) is 3. The lowest BCUT2D eigenvalue weighted by atomic mass is 10.1. The molecule has 1 atom stereocenters. The highest BCUT2D eigenvalue weighted by Gasteiger charge is 2.16.